The summed E-state index contributed by atoms with van der Waals surface area (Å²) >= 11 is 0. The fourth-order valence-electron chi connectivity index (χ4n) is 5.19. The second-order valence-corrected chi connectivity index (χ2v) is 8.61. The predicted octanol–water partition coefficient (Wildman–Crippen LogP) is 3.59. The van der Waals surface area contributed by atoms with E-state index in [0.717, 1.165) is 53.9 Å². The van der Waals surface area contributed by atoms with Crippen LogP contribution in [0.1, 0.15) is 37.8 Å². The Bertz CT molecular complexity index is 1100. The zero-order chi connectivity index (χ0) is 20.7. The number of aryl methyl sites for hydroxylation is 1. The summed E-state index contributed by atoms with van der Waals surface area (Å²) in [5.41, 5.74) is 12.4. The lowest BCUT2D eigenvalue weighted by atomic mass is 9.68. The van der Waals surface area contributed by atoms with Gasteiger partial charge in [0.1, 0.15) is 23.6 Å². The summed E-state index contributed by atoms with van der Waals surface area (Å²) in [5.74, 6) is 1.36. The van der Waals surface area contributed by atoms with Gasteiger partial charge in [-0.15, -0.1) is 0 Å². The Labute approximate surface area is 176 Å². The van der Waals surface area contributed by atoms with Crippen LogP contribution in [0.2, 0.25) is 0 Å². The van der Waals surface area contributed by atoms with Gasteiger partial charge in [0.25, 0.3) is 0 Å². The summed E-state index contributed by atoms with van der Waals surface area (Å²) in [4.78, 5) is 13.4. The molecule has 4 N–H and O–H groups in total. The second-order valence-electron chi connectivity index (χ2n) is 8.61. The van der Waals surface area contributed by atoms with Crippen LogP contribution in [0.4, 0.5) is 11.6 Å². The molecule has 0 bridgehead atoms. The van der Waals surface area contributed by atoms with E-state index in [2.05, 4.69) is 49.3 Å². The third-order valence-corrected chi connectivity index (χ3v) is 6.98. The van der Waals surface area contributed by atoms with E-state index in [9.17, 15) is 0 Å². The minimum Gasteiger partial charge on any atom is -0.383 e. The quantitative estimate of drug-likeness (QED) is 0.619. The molecule has 3 aromatic rings. The summed E-state index contributed by atoms with van der Waals surface area (Å²) in [6, 6.07) is 4.10. The van der Waals surface area contributed by atoms with Crippen LogP contribution in [-0.2, 0) is 7.05 Å². The number of nitrogens with zero attached hydrogens (tertiary/aromatic N) is 4. The summed E-state index contributed by atoms with van der Waals surface area (Å²) < 4.78 is 2.18. The van der Waals surface area contributed by atoms with Crippen molar-refractivity contribution in [3.05, 3.63) is 36.4 Å². The van der Waals surface area contributed by atoms with E-state index in [1.54, 1.807) is 6.33 Å². The van der Waals surface area contributed by atoms with Crippen LogP contribution >= 0.6 is 0 Å². The summed E-state index contributed by atoms with van der Waals surface area (Å²) in [6.45, 7) is 2.27. The molecule has 1 fully saturated rings. The van der Waals surface area contributed by atoms with Gasteiger partial charge in [-0.05, 0) is 68.3 Å². The fourth-order valence-corrected chi connectivity index (χ4v) is 5.19. The lowest BCUT2D eigenvalue weighted by Gasteiger charge is -2.40. The average molecular weight is 404 g/mol. The molecule has 1 saturated heterocycles. The van der Waals surface area contributed by atoms with Crippen LogP contribution in [0.5, 0.6) is 0 Å². The molecule has 1 spiro atoms. The minimum absolute atomic E-state index is 0.467. The van der Waals surface area contributed by atoms with E-state index in [1.165, 1.54) is 30.5 Å². The van der Waals surface area contributed by atoms with Gasteiger partial charge in [-0.2, -0.15) is 0 Å². The number of anilines is 2. The van der Waals surface area contributed by atoms with Gasteiger partial charge in [0.05, 0.1) is 11.1 Å². The van der Waals surface area contributed by atoms with Gasteiger partial charge in [-0.3, -0.25) is 0 Å². The van der Waals surface area contributed by atoms with Crippen molar-refractivity contribution in [2.45, 2.75) is 32.1 Å². The molecule has 0 aromatic carbocycles. The van der Waals surface area contributed by atoms with E-state index in [-0.39, 0.29) is 0 Å². The normalized spacial score (nSPS) is 18.5. The molecule has 0 unspecified atom stereocenters. The number of aromatic nitrogens is 4. The highest BCUT2D eigenvalue weighted by atomic mass is 15.1. The third kappa shape index (κ3) is 3.04. The maximum absolute atomic E-state index is 6.35. The fraction of sp³-hybridized carbons (Fsp3) is 0.435. The highest BCUT2D eigenvalue weighted by molar-refractivity contribution is 6.05. The Balaban J connectivity index is 1.66. The van der Waals surface area contributed by atoms with Gasteiger partial charge in [0, 0.05) is 31.4 Å². The number of hydrogen-bond acceptors (Lipinski definition) is 6. The Hall–Kier alpha value is -2.93. The zero-order valence-electron chi connectivity index (χ0n) is 17.7. The highest BCUT2D eigenvalue weighted by Crippen LogP contribution is 2.47. The largest absolute Gasteiger partial charge is 0.383 e. The monoisotopic (exact) mass is 403 g/mol. The van der Waals surface area contributed by atoms with Crippen LogP contribution in [0, 0.1) is 5.41 Å². The number of nitrogen functional groups attached to an aromatic ring is 1. The van der Waals surface area contributed by atoms with E-state index >= 15 is 0 Å². The van der Waals surface area contributed by atoms with E-state index < -0.39 is 0 Å². The molecule has 7 nitrogen and oxygen atoms in total. The molecular formula is C23H29N7. The number of allylic oxidation sites excluding steroid dienone is 2. The Morgan fingerprint density at radius 3 is 2.63 bits per heavy atom. The molecule has 0 saturated carbocycles. The molecule has 7 heteroatoms. The van der Waals surface area contributed by atoms with E-state index in [1.807, 2.05) is 19.3 Å². The number of hydrogen-bond donors (Lipinski definition) is 3. The summed E-state index contributed by atoms with van der Waals surface area (Å²) in [7, 11) is 3.96. The van der Waals surface area contributed by atoms with Crippen molar-refractivity contribution in [1.82, 2.24) is 24.8 Å². The first-order chi connectivity index (χ1) is 14.6. The Morgan fingerprint density at radius 2 is 1.97 bits per heavy atom. The van der Waals surface area contributed by atoms with Gasteiger partial charge in [0.2, 0.25) is 0 Å². The molecule has 1 aliphatic carbocycles. The van der Waals surface area contributed by atoms with Crippen molar-refractivity contribution < 1.29 is 0 Å². The lowest BCUT2D eigenvalue weighted by Crippen LogP contribution is -2.37. The van der Waals surface area contributed by atoms with Crippen molar-refractivity contribution in [3.63, 3.8) is 0 Å². The minimum atomic E-state index is 0.467. The molecule has 0 radical (unpaired) electrons. The van der Waals surface area contributed by atoms with Crippen LogP contribution < -0.4 is 16.4 Å². The predicted molar refractivity (Wildman–Crippen MR) is 122 cm³/mol. The van der Waals surface area contributed by atoms with Crippen molar-refractivity contribution in [2.24, 2.45) is 12.5 Å². The maximum atomic E-state index is 6.35. The Morgan fingerprint density at radius 1 is 1.13 bits per heavy atom. The highest BCUT2D eigenvalue weighted by Gasteiger charge is 2.35. The average Bonchev–Trinajstić information content (AvgIpc) is 3.09. The smallest absolute Gasteiger partial charge is 0.146 e. The molecule has 5 rings (SSSR count). The van der Waals surface area contributed by atoms with Crippen molar-refractivity contribution >= 4 is 28.2 Å². The standard InChI is InChI=1S/C23H29N7/c1-25-17-4-3-16(13-27-17)18-19-21(24)28-14-29-22(19)30(2)20(18)15-5-7-23(8-6-15)9-11-26-12-10-23/h3-5,13-14,26H,6-12H2,1-2H3,(H,25,27)(H2,24,28,29). The Kier molecular flexibility index (Phi) is 4.70. The van der Waals surface area contributed by atoms with Gasteiger partial charge in [-0.1, -0.05) is 6.08 Å². The molecule has 0 atom stereocenters. The van der Waals surface area contributed by atoms with Crippen molar-refractivity contribution in [3.8, 4) is 11.1 Å². The third-order valence-electron chi connectivity index (χ3n) is 6.98. The van der Waals surface area contributed by atoms with E-state index in [0.29, 0.717) is 11.2 Å². The molecule has 3 aromatic heterocycles. The number of rotatable bonds is 3. The van der Waals surface area contributed by atoms with Crippen LogP contribution in [0.15, 0.2) is 30.7 Å². The number of piperidine rings is 1. The molecule has 30 heavy (non-hydrogen) atoms. The number of nitrogens with one attached hydrogen (secondary N) is 2. The van der Waals surface area contributed by atoms with Crippen LogP contribution in [-0.4, -0.2) is 39.7 Å². The van der Waals surface area contributed by atoms with Gasteiger partial charge >= 0.3 is 0 Å². The maximum Gasteiger partial charge on any atom is 0.146 e. The number of pyridine rings is 1. The molecule has 1 aliphatic heterocycles. The molecule has 0 amide bonds. The molecule has 156 valence electrons. The lowest BCUT2D eigenvalue weighted by molar-refractivity contribution is 0.184. The summed E-state index contributed by atoms with van der Waals surface area (Å²) in [5, 5.41) is 7.51. The zero-order valence-corrected chi connectivity index (χ0v) is 17.7. The first kappa shape index (κ1) is 19.1. The molecule has 2 aliphatic rings. The first-order valence-electron chi connectivity index (χ1n) is 10.7. The number of fused-ring (bicyclic) bond motifs is 1. The SMILES string of the molecule is CNc1ccc(-c2c(C3=CCC4(CCNCC4)CC3)n(C)c3ncnc(N)c23)cn1. The van der Waals surface area contributed by atoms with Crippen LogP contribution in [0.3, 0.4) is 0 Å². The van der Waals surface area contributed by atoms with Crippen molar-refractivity contribution in [2.75, 3.05) is 31.2 Å². The number of nitrogens with two attached hydrogens (primary N) is 1. The van der Waals surface area contributed by atoms with Gasteiger partial charge in [-0.25, -0.2) is 15.0 Å². The topological polar surface area (TPSA) is 93.7 Å². The second kappa shape index (κ2) is 7.40. The molecule has 4 heterocycles. The van der Waals surface area contributed by atoms with E-state index in [4.69, 9.17) is 5.73 Å². The van der Waals surface area contributed by atoms with Gasteiger partial charge in [0.15, 0.2) is 0 Å². The van der Waals surface area contributed by atoms with Crippen molar-refractivity contribution in [1.29, 1.82) is 0 Å². The molecular weight excluding hydrogens is 374 g/mol. The summed E-state index contributed by atoms with van der Waals surface area (Å²) in [6.07, 6.45) is 11.9. The van der Waals surface area contributed by atoms with Gasteiger partial charge < -0.3 is 20.9 Å². The first-order valence-corrected chi connectivity index (χ1v) is 10.7. The van der Waals surface area contributed by atoms with Crippen LogP contribution in [0.25, 0.3) is 27.7 Å².